The van der Waals surface area contributed by atoms with Gasteiger partial charge in [0.2, 0.25) is 0 Å². The molecule has 0 aliphatic rings. The number of hydrogen-bond acceptors (Lipinski definition) is 4. The third-order valence-electron chi connectivity index (χ3n) is 2.75. The van der Waals surface area contributed by atoms with Crippen LogP contribution in [0, 0.1) is 6.92 Å². The van der Waals surface area contributed by atoms with Crippen LogP contribution in [0.4, 0.5) is 0 Å². The molecule has 4 nitrogen and oxygen atoms in total. The highest BCUT2D eigenvalue weighted by Gasteiger charge is 2.25. The van der Waals surface area contributed by atoms with Crippen molar-refractivity contribution in [2.75, 3.05) is 6.61 Å². The molecule has 0 bridgehead atoms. The highest BCUT2D eigenvalue weighted by atomic mass is 16.5. The summed E-state index contributed by atoms with van der Waals surface area (Å²) in [5.74, 6) is 0.750. The van der Waals surface area contributed by atoms with E-state index < -0.39 is 5.60 Å². The Morgan fingerprint density at radius 3 is 2.32 bits per heavy atom. The van der Waals surface area contributed by atoms with Crippen molar-refractivity contribution in [1.82, 2.24) is 15.3 Å². The summed E-state index contributed by atoms with van der Waals surface area (Å²) in [5.41, 5.74) is 1.61. The molecule has 0 saturated carbocycles. The Kier molecular flexibility index (Phi) is 5.04. The number of ether oxygens (including phenoxy) is 1. The van der Waals surface area contributed by atoms with Crippen molar-refractivity contribution in [3.63, 3.8) is 0 Å². The molecule has 0 saturated heterocycles. The first-order chi connectivity index (χ1) is 8.64. The first-order valence-corrected chi connectivity index (χ1v) is 6.88. The molecule has 0 aliphatic carbocycles. The molecule has 1 heterocycles. The standard InChI is InChI=1S/C15H27N3O/c1-8-19-15(6,7)13-17-11(2)9-12(18-13)10-16-14(3,4)5/h9,16H,8,10H2,1-7H3. The van der Waals surface area contributed by atoms with Crippen molar-refractivity contribution in [3.8, 4) is 0 Å². The molecule has 0 aliphatic heterocycles. The Labute approximate surface area is 117 Å². The maximum atomic E-state index is 5.73. The van der Waals surface area contributed by atoms with E-state index in [0.717, 1.165) is 23.8 Å². The third kappa shape index (κ3) is 5.25. The average molecular weight is 265 g/mol. The molecular weight excluding hydrogens is 238 g/mol. The van der Waals surface area contributed by atoms with Crippen LogP contribution in [0.2, 0.25) is 0 Å². The van der Waals surface area contributed by atoms with Gasteiger partial charge < -0.3 is 10.1 Å². The Morgan fingerprint density at radius 2 is 1.79 bits per heavy atom. The van der Waals surface area contributed by atoms with Gasteiger partial charge in [0.1, 0.15) is 5.60 Å². The quantitative estimate of drug-likeness (QED) is 0.889. The van der Waals surface area contributed by atoms with Gasteiger partial charge in [-0.2, -0.15) is 0 Å². The molecule has 1 aromatic rings. The van der Waals surface area contributed by atoms with Crippen molar-refractivity contribution in [3.05, 3.63) is 23.3 Å². The van der Waals surface area contributed by atoms with E-state index in [0.29, 0.717) is 6.61 Å². The van der Waals surface area contributed by atoms with Crippen LogP contribution in [0.5, 0.6) is 0 Å². The maximum Gasteiger partial charge on any atom is 0.160 e. The summed E-state index contributed by atoms with van der Waals surface area (Å²) in [7, 11) is 0. The number of nitrogens with one attached hydrogen (secondary N) is 1. The van der Waals surface area contributed by atoms with E-state index in [2.05, 4.69) is 36.1 Å². The fourth-order valence-electron chi connectivity index (χ4n) is 1.77. The summed E-state index contributed by atoms with van der Waals surface area (Å²) in [6, 6.07) is 2.02. The summed E-state index contributed by atoms with van der Waals surface area (Å²) in [5, 5.41) is 3.44. The molecule has 0 radical (unpaired) electrons. The van der Waals surface area contributed by atoms with Crippen LogP contribution >= 0.6 is 0 Å². The van der Waals surface area contributed by atoms with Gasteiger partial charge in [0.15, 0.2) is 5.82 Å². The van der Waals surface area contributed by atoms with E-state index in [1.54, 1.807) is 0 Å². The van der Waals surface area contributed by atoms with Crippen molar-refractivity contribution in [2.45, 2.75) is 66.2 Å². The number of hydrogen-bond donors (Lipinski definition) is 1. The number of rotatable bonds is 5. The maximum absolute atomic E-state index is 5.73. The lowest BCUT2D eigenvalue weighted by molar-refractivity contribution is -0.0211. The molecule has 0 aromatic carbocycles. The van der Waals surface area contributed by atoms with Crippen molar-refractivity contribution in [2.24, 2.45) is 0 Å². The Morgan fingerprint density at radius 1 is 1.16 bits per heavy atom. The number of aryl methyl sites for hydroxylation is 1. The second kappa shape index (κ2) is 5.97. The summed E-state index contributed by atoms with van der Waals surface area (Å²) in [6.07, 6.45) is 0. The van der Waals surface area contributed by atoms with Crippen LogP contribution in [0.1, 0.15) is 58.8 Å². The Bertz CT molecular complexity index is 422. The fourth-order valence-corrected chi connectivity index (χ4v) is 1.77. The zero-order valence-electron chi connectivity index (χ0n) is 13.3. The van der Waals surface area contributed by atoms with Crippen LogP contribution in [-0.4, -0.2) is 22.1 Å². The molecule has 1 rings (SSSR count). The predicted octanol–water partition coefficient (Wildman–Crippen LogP) is 2.94. The lowest BCUT2D eigenvalue weighted by Crippen LogP contribution is -2.35. The molecule has 0 spiro atoms. The van der Waals surface area contributed by atoms with Crippen LogP contribution in [-0.2, 0) is 16.9 Å². The van der Waals surface area contributed by atoms with Gasteiger partial charge in [0.25, 0.3) is 0 Å². The van der Waals surface area contributed by atoms with E-state index >= 15 is 0 Å². The molecule has 1 aromatic heterocycles. The Hall–Kier alpha value is -1.00. The molecule has 4 heteroatoms. The first-order valence-electron chi connectivity index (χ1n) is 6.88. The zero-order chi connectivity index (χ0) is 14.7. The fraction of sp³-hybridized carbons (Fsp3) is 0.733. The van der Waals surface area contributed by atoms with E-state index in [9.17, 15) is 0 Å². The summed E-state index contributed by atoms with van der Waals surface area (Å²) < 4.78 is 5.73. The van der Waals surface area contributed by atoms with Gasteiger partial charge >= 0.3 is 0 Å². The Balaban J connectivity index is 2.94. The van der Waals surface area contributed by atoms with Gasteiger partial charge in [-0.25, -0.2) is 9.97 Å². The molecule has 0 fully saturated rings. The molecule has 0 atom stereocenters. The van der Waals surface area contributed by atoms with E-state index in [1.807, 2.05) is 33.8 Å². The topological polar surface area (TPSA) is 47.0 Å². The van der Waals surface area contributed by atoms with Crippen LogP contribution in [0.3, 0.4) is 0 Å². The van der Waals surface area contributed by atoms with Gasteiger partial charge in [-0.15, -0.1) is 0 Å². The second-order valence-electron chi connectivity index (χ2n) is 6.37. The molecular formula is C15H27N3O. The average Bonchev–Trinajstić information content (AvgIpc) is 2.24. The lowest BCUT2D eigenvalue weighted by Gasteiger charge is -2.24. The van der Waals surface area contributed by atoms with Gasteiger partial charge in [0, 0.05) is 24.4 Å². The van der Waals surface area contributed by atoms with Gasteiger partial charge in [-0.3, -0.25) is 0 Å². The van der Waals surface area contributed by atoms with Crippen molar-refractivity contribution >= 4 is 0 Å². The highest BCUT2D eigenvalue weighted by molar-refractivity contribution is 5.13. The van der Waals surface area contributed by atoms with Crippen LogP contribution in [0.15, 0.2) is 6.07 Å². The number of nitrogens with zero attached hydrogens (tertiary/aromatic N) is 2. The lowest BCUT2D eigenvalue weighted by atomic mass is 10.1. The minimum Gasteiger partial charge on any atom is -0.368 e. The van der Waals surface area contributed by atoms with Gasteiger partial charge in [0.05, 0.1) is 5.69 Å². The normalized spacial score (nSPS) is 12.8. The second-order valence-corrected chi connectivity index (χ2v) is 6.37. The van der Waals surface area contributed by atoms with Crippen molar-refractivity contribution < 1.29 is 4.74 Å². The third-order valence-corrected chi connectivity index (χ3v) is 2.75. The highest BCUT2D eigenvalue weighted by Crippen LogP contribution is 2.21. The van der Waals surface area contributed by atoms with E-state index in [4.69, 9.17) is 4.74 Å². The summed E-state index contributed by atoms with van der Waals surface area (Å²) >= 11 is 0. The molecule has 0 amide bonds. The predicted molar refractivity (Wildman–Crippen MR) is 78.0 cm³/mol. The summed E-state index contributed by atoms with van der Waals surface area (Å²) in [6.45, 7) is 15.8. The molecule has 108 valence electrons. The van der Waals surface area contributed by atoms with Crippen LogP contribution < -0.4 is 5.32 Å². The molecule has 19 heavy (non-hydrogen) atoms. The largest absolute Gasteiger partial charge is 0.368 e. The molecule has 0 unspecified atom stereocenters. The number of aromatic nitrogens is 2. The minimum absolute atomic E-state index is 0.0778. The summed E-state index contributed by atoms with van der Waals surface area (Å²) in [4.78, 5) is 9.13. The van der Waals surface area contributed by atoms with Gasteiger partial charge in [-0.1, -0.05) is 0 Å². The van der Waals surface area contributed by atoms with E-state index in [1.165, 1.54) is 0 Å². The minimum atomic E-state index is -0.447. The van der Waals surface area contributed by atoms with Crippen molar-refractivity contribution in [1.29, 1.82) is 0 Å². The SMILES string of the molecule is CCOC(C)(C)c1nc(C)cc(CNC(C)(C)C)n1. The monoisotopic (exact) mass is 265 g/mol. The van der Waals surface area contributed by atoms with E-state index in [-0.39, 0.29) is 5.54 Å². The molecule has 1 N–H and O–H groups in total. The van der Waals surface area contributed by atoms with Gasteiger partial charge in [-0.05, 0) is 54.5 Å². The van der Waals surface area contributed by atoms with Crippen LogP contribution in [0.25, 0.3) is 0 Å². The smallest absolute Gasteiger partial charge is 0.160 e. The zero-order valence-corrected chi connectivity index (χ0v) is 13.3. The first kappa shape index (κ1) is 16.1.